The van der Waals surface area contributed by atoms with Gasteiger partial charge in [-0.25, -0.2) is 4.98 Å². The van der Waals surface area contributed by atoms with Crippen molar-refractivity contribution < 1.29 is 14.3 Å². The molecule has 3 aromatic rings. The van der Waals surface area contributed by atoms with Crippen molar-refractivity contribution in [2.24, 2.45) is 0 Å². The topological polar surface area (TPSA) is 76.2 Å². The Morgan fingerprint density at radius 3 is 2.54 bits per heavy atom. The first-order chi connectivity index (χ1) is 13.5. The number of aromatic amines is 1. The second kappa shape index (κ2) is 9.16. The summed E-state index contributed by atoms with van der Waals surface area (Å²) in [5, 5.41) is 3.24. The molecule has 0 fully saturated rings. The molecule has 2 N–H and O–H groups in total. The Balaban J connectivity index is 1.64. The highest BCUT2D eigenvalue weighted by Gasteiger charge is 2.17. The number of carbonyl (C=O) groups is 1. The van der Waals surface area contributed by atoms with Gasteiger partial charge in [-0.1, -0.05) is 39.8 Å². The number of aromatic nitrogens is 2. The van der Waals surface area contributed by atoms with E-state index in [9.17, 15) is 4.79 Å². The molecule has 0 saturated heterocycles. The average Bonchev–Trinajstić information content (AvgIpc) is 3.16. The van der Waals surface area contributed by atoms with Crippen LogP contribution in [0.15, 0.2) is 58.3 Å². The molecule has 8 heteroatoms. The SMILES string of the molecule is COc1ccc(NC(=O)C(C)Sc2ncc(-c3ccc(Br)cc3)[nH]2)cc1OC. The molecule has 3 rings (SSSR count). The number of amides is 1. The Morgan fingerprint density at radius 1 is 1.14 bits per heavy atom. The lowest BCUT2D eigenvalue weighted by Crippen LogP contribution is -2.22. The fourth-order valence-electron chi connectivity index (χ4n) is 2.52. The van der Waals surface area contributed by atoms with Gasteiger partial charge in [-0.2, -0.15) is 0 Å². The summed E-state index contributed by atoms with van der Waals surface area (Å²) in [5.41, 5.74) is 2.58. The summed E-state index contributed by atoms with van der Waals surface area (Å²) in [6.45, 7) is 1.84. The zero-order chi connectivity index (χ0) is 20.1. The van der Waals surface area contributed by atoms with E-state index in [2.05, 4.69) is 31.2 Å². The molecule has 2 aromatic carbocycles. The van der Waals surface area contributed by atoms with E-state index in [1.807, 2.05) is 31.2 Å². The molecule has 0 saturated carbocycles. The number of halogens is 1. The number of carbonyl (C=O) groups excluding carboxylic acids is 1. The molecular weight excluding hydrogens is 442 g/mol. The number of nitrogens with one attached hydrogen (secondary N) is 2. The van der Waals surface area contributed by atoms with Gasteiger partial charge in [0.1, 0.15) is 0 Å². The van der Waals surface area contributed by atoms with Crippen LogP contribution in [-0.2, 0) is 4.79 Å². The minimum atomic E-state index is -0.336. The van der Waals surface area contributed by atoms with Gasteiger partial charge in [-0.05, 0) is 36.8 Å². The Hall–Kier alpha value is -2.45. The molecule has 6 nitrogen and oxygen atoms in total. The quantitative estimate of drug-likeness (QED) is 0.485. The molecule has 0 aliphatic carbocycles. The number of thioether (sulfide) groups is 1. The average molecular weight is 462 g/mol. The molecule has 1 heterocycles. The number of H-pyrrole nitrogens is 1. The maximum atomic E-state index is 12.5. The molecule has 1 unspecified atom stereocenters. The van der Waals surface area contributed by atoms with Crippen LogP contribution in [0.1, 0.15) is 6.92 Å². The summed E-state index contributed by atoms with van der Waals surface area (Å²) >= 11 is 4.79. The standard InChI is InChI=1S/C20H20BrN3O3S/c1-12(19(25)23-15-8-9-17(26-2)18(10-15)27-3)28-20-22-11-16(24-20)13-4-6-14(21)7-5-13/h4-12H,1-3H3,(H,22,24)(H,23,25). The fourth-order valence-corrected chi connectivity index (χ4v) is 3.57. The Bertz CT molecular complexity index is 960. The number of methoxy groups -OCH3 is 2. The van der Waals surface area contributed by atoms with E-state index < -0.39 is 0 Å². The van der Waals surface area contributed by atoms with Gasteiger partial charge in [0.25, 0.3) is 0 Å². The summed E-state index contributed by atoms with van der Waals surface area (Å²) in [6, 6.07) is 13.2. The van der Waals surface area contributed by atoms with Crippen LogP contribution < -0.4 is 14.8 Å². The summed E-state index contributed by atoms with van der Waals surface area (Å²) in [4.78, 5) is 20.2. The highest BCUT2D eigenvalue weighted by Crippen LogP contribution is 2.30. The molecule has 0 aliphatic rings. The summed E-state index contributed by atoms with van der Waals surface area (Å²) in [6.07, 6.45) is 1.77. The zero-order valence-corrected chi connectivity index (χ0v) is 18.1. The van der Waals surface area contributed by atoms with Crippen LogP contribution in [0.25, 0.3) is 11.3 Å². The number of anilines is 1. The first kappa shape index (κ1) is 20.3. The minimum absolute atomic E-state index is 0.126. The van der Waals surface area contributed by atoms with Crippen molar-refractivity contribution in [3.05, 3.63) is 53.1 Å². The van der Waals surface area contributed by atoms with Crippen LogP contribution in [0.3, 0.4) is 0 Å². The lowest BCUT2D eigenvalue weighted by atomic mass is 10.2. The molecule has 0 spiro atoms. The number of hydrogen-bond acceptors (Lipinski definition) is 5. The van der Waals surface area contributed by atoms with Gasteiger partial charge in [0, 0.05) is 16.2 Å². The number of benzene rings is 2. The molecule has 0 bridgehead atoms. The van der Waals surface area contributed by atoms with E-state index in [1.54, 1.807) is 38.6 Å². The van der Waals surface area contributed by atoms with E-state index in [4.69, 9.17) is 9.47 Å². The van der Waals surface area contributed by atoms with Crippen molar-refractivity contribution in [2.75, 3.05) is 19.5 Å². The van der Waals surface area contributed by atoms with Gasteiger partial charge < -0.3 is 19.8 Å². The van der Waals surface area contributed by atoms with Gasteiger partial charge in [-0.15, -0.1) is 0 Å². The fraction of sp³-hybridized carbons (Fsp3) is 0.200. The third-order valence-corrected chi connectivity index (χ3v) is 5.54. The lowest BCUT2D eigenvalue weighted by molar-refractivity contribution is -0.115. The molecule has 0 aliphatic heterocycles. The van der Waals surface area contributed by atoms with Gasteiger partial charge in [0.05, 0.1) is 31.4 Å². The molecule has 1 amide bonds. The van der Waals surface area contributed by atoms with Crippen LogP contribution in [0.4, 0.5) is 5.69 Å². The molecule has 0 radical (unpaired) electrons. The Morgan fingerprint density at radius 2 is 1.86 bits per heavy atom. The van der Waals surface area contributed by atoms with E-state index in [0.717, 1.165) is 15.7 Å². The highest BCUT2D eigenvalue weighted by atomic mass is 79.9. The highest BCUT2D eigenvalue weighted by molar-refractivity contribution is 9.10. The van der Waals surface area contributed by atoms with E-state index in [-0.39, 0.29) is 11.2 Å². The van der Waals surface area contributed by atoms with Crippen molar-refractivity contribution in [2.45, 2.75) is 17.3 Å². The smallest absolute Gasteiger partial charge is 0.237 e. The third-order valence-electron chi connectivity index (χ3n) is 4.02. The second-order valence-electron chi connectivity index (χ2n) is 5.93. The van der Waals surface area contributed by atoms with Gasteiger partial charge in [0.15, 0.2) is 16.7 Å². The summed E-state index contributed by atoms with van der Waals surface area (Å²) < 4.78 is 11.5. The van der Waals surface area contributed by atoms with Crippen LogP contribution in [0, 0.1) is 0 Å². The maximum Gasteiger partial charge on any atom is 0.237 e. The monoisotopic (exact) mass is 461 g/mol. The number of imidazole rings is 1. The van der Waals surface area contributed by atoms with Crippen LogP contribution >= 0.6 is 27.7 Å². The molecule has 28 heavy (non-hydrogen) atoms. The predicted molar refractivity (Wildman–Crippen MR) is 115 cm³/mol. The van der Waals surface area contributed by atoms with E-state index >= 15 is 0 Å². The molecule has 146 valence electrons. The first-order valence-corrected chi connectivity index (χ1v) is 10.2. The van der Waals surface area contributed by atoms with E-state index in [1.165, 1.54) is 11.8 Å². The van der Waals surface area contributed by atoms with Crippen molar-refractivity contribution in [3.63, 3.8) is 0 Å². The number of rotatable bonds is 7. The predicted octanol–water partition coefficient (Wildman–Crippen LogP) is 4.98. The zero-order valence-electron chi connectivity index (χ0n) is 15.7. The molecular formula is C20H20BrN3O3S. The van der Waals surface area contributed by atoms with Gasteiger partial charge in [0.2, 0.25) is 5.91 Å². The van der Waals surface area contributed by atoms with Crippen LogP contribution in [-0.4, -0.2) is 35.3 Å². The van der Waals surface area contributed by atoms with E-state index in [0.29, 0.717) is 22.3 Å². The van der Waals surface area contributed by atoms with Crippen molar-refractivity contribution >= 4 is 39.3 Å². The van der Waals surface area contributed by atoms with Crippen molar-refractivity contribution in [3.8, 4) is 22.8 Å². The normalized spacial score (nSPS) is 11.7. The first-order valence-electron chi connectivity index (χ1n) is 8.50. The maximum absolute atomic E-state index is 12.5. The number of nitrogens with zero attached hydrogens (tertiary/aromatic N) is 1. The summed E-state index contributed by atoms with van der Waals surface area (Å²) in [7, 11) is 3.13. The summed E-state index contributed by atoms with van der Waals surface area (Å²) in [5.74, 6) is 1.04. The molecule has 1 aromatic heterocycles. The third kappa shape index (κ3) is 4.88. The Kier molecular flexibility index (Phi) is 6.64. The number of hydrogen-bond donors (Lipinski definition) is 2. The molecule has 1 atom stereocenters. The van der Waals surface area contributed by atoms with Crippen molar-refractivity contribution in [1.29, 1.82) is 0 Å². The minimum Gasteiger partial charge on any atom is -0.493 e. The number of ether oxygens (including phenoxy) is 2. The van der Waals surface area contributed by atoms with Crippen molar-refractivity contribution in [1.82, 2.24) is 9.97 Å². The Labute approximate surface area is 176 Å². The van der Waals surface area contributed by atoms with Crippen LogP contribution in [0.5, 0.6) is 11.5 Å². The largest absolute Gasteiger partial charge is 0.493 e. The van der Waals surface area contributed by atoms with Gasteiger partial charge in [-0.3, -0.25) is 4.79 Å². The second-order valence-corrected chi connectivity index (χ2v) is 8.17. The van der Waals surface area contributed by atoms with Crippen LogP contribution in [0.2, 0.25) is 0 Å². The van der Waals surface area contributed by atoms with Gasteiger partial charge >= 0.3 is 0 Å². The lowest BCUT2D eigenvalue weighted by Gasteiger charge is -2.13.